The van der Waals surface area contributed by atoms with Crippen molar-refractivity contribution in [3.63, 3.8) is 0 Å². The van der Waals surface area contributed by atoms with Crippen molar-refractivity contribution in [1.82, 2.24) is 5.43 Å². The van der Waals surface area contributed by atoms with Crippen molar-refractivity contribution in [2.75, 3.05) is 12.4 Å². The minimum absolute atomic E-state index is 0.217. The Kier molecular flexibility index (Phi) is 7.91. The molecule has 0 saturated heterocycles. The van der Waals surface area contributed by atoms with E-state index >= 15 is 0 Å². The van der Waals surface area contributed by atoms with Gasteiger partial charge in [0.2, 0.25) is 5.91 Å². The summed E-state index contributed by atoms with van der Waals surface area (Å²) in [6, 6.07) is 18.8. The van der Waals surface area contributed by atoms with Crippen molar-refractivity contribution in [3.05, 3.63) is 89.5 Å². The standard InChI is InChI=1S/C25H22N4O6/c1-15(28-29-24(32)23(31)27-18-12-10-16(11-13-18)22(26)30)20-8-3-4-9-21(20)35-25(33)17-6-5-7-19(14-17)34-2/h3-14H,1-2H3,(H2,26,30)(H,27,31)(H,29,32)/b28-15+. The number of amides is 3. The maximum Gasteiger partial charge on any atom is 0.343 e. The van der Waals surface area contributed by atoms with E-state index < -0.39 is 23.7 Å². The van der Waals surface area contributed by atoms with Crippen LogP contribution in [0.1, 0.15) is 33.2 Å². The summed E-state index contributed by atoms with van der Waals surface area (Å²) in [5.74, 6) is -2.47. The molecule has 0 aliphatic carbocycles. The van der Waals surface area contributed by atoms with E-state index in [2.05, 4.69) is 15.8 Å². The average Bonchev–Trinajstić information content (AvgIpc) is 2.87. The second-order valence-electron chi connectivity index (χ2n) is 7.15. The lowest BCUT2D eigenvalue weighted by atomic mass is 10.1. The molecule has 3 rings (SSSR count). The van der Waals surface area contributed by atoms with Gasteiger partial charge < -0.3 is 20.5 Å². The van der Waals surface area contributed by atoms with E-state index in [9.17, 15) is 19.2 Å². The number of primary amides is 1. The summed E-state index contributed by atoms with van der Waals surface area (Å²) in [6.45, 7) is 1.58. The van der Waals surface area contributed by atoms with Crippen molar-refractivity contribution >= 4 is 35.1 Å². The molecular weight excluding hydrogens is 452 g/mol. The highest BCUT2D eigenvalue weighted by Gasteiger charge is 2.16. The molecule has 10 nitrogen and oxygen atoms in total. The number of benzene rings is 3. The van der Waals surface area contributed by atoms with Gasteiger partial charge in [-0.3, -0.25) is 14.4 Å². The zero-order valence-electron chi connectivity index (χ0n) is 18.9. The summed E-state index contributed by atoms with van der Waals surface area (Å²) in [5, 5.41) is 6.33. The first kappa shape index (κ1) is 24.6. The van der Waals surface area contributed by atoms with Crippen LogP contribution in [0.3, 0.4) is 0 Å². The monoisotopic (exact) mass is 474 g/mol. The number of anilines is 1. The van der Waals surface area contributed by atoms with Crippen LogP contribution >= 0.6 is 0 Å². The summed E-state index contributed by atoms with van der Waals surface area (Å²) in [5.41, 5.74) is 8.92. The first-order valence-corrected chi connectivity index (χ1v) is 10.3. The van der Waals surface area contributed by atoms with E-state index in [0.29, 0.717) is 28.3 Å². The van der Waals surface area contributed by atoms with Crippen LogP contribution in [0.25, 0.3) is 0 Å². The number of methoxy groups -OCH3 is 1. The molecule has 0 unspecified atom stereocenters. The average molecular weight is 474 g/mol. The molecule has 0 radical (unpaired) electrons. The van der Waals surface area contributed by atoms with Crippen molar-refractivity contribution in [2.24, 2.45) is 10.8 Å². The zero-order valence-corrected chi connectivity index (χ0v) is 18.9. The number of ether oxygens (including phenoxy) is 2. The highest BCUT2D eigenvalue weighted by Crippen LogP contribution is 2.21. The third kappa shape index (κ3) is 6.51. The molecule has 3 aromatic rings. The van der Waals surface area contributed by atoms with Gasteiger partial charge in [-0.25, -0.2) is 10.2 Å². The largest absolute Gasteiger partial charge is 0.497 e. The van der Waals surface area contributed by atoms with Crippen LogP contribution < -0.4 is 25.9 Å². The first-order chi connectivity index (χ1) is 16.8. The fourth-order valence-corrected chi connectivity index (χ4v) is 2.91. The molecule has 0 aliphatic rings. The predicted octanol–water partition coefficient (Wildman–Crippen LogP) is 2.49. The van der Waals surface area contributed by atoms with Gasteiger partial charge in [0.05, 0.1) is 18.4 Å². The lowest BCUT2D eigenvalue weighted by Gasteiger charge is -2.11. The Bertz CT molecular complexity index is 1300. The fraction of sp³-hybridized carbons (Fsp3) is 0.0800. The van der Waals surface area contributed by atoms with E-state index in [0.717, 1.165) is 0 Å². The van der Waals surface area contributed by atoms with Gasteiger partial charge in [0.25, 0.3) is 0 Å². The molecule has 35 heavy (non-hydrogen) atoms. The molecule has 10 heteroatoms. The fourth-order valence-electron chi connectivity index (χ4n) is 2.91. The predicted molar refractivity (Wildman–Crippen MR) is 128 cm³/mol. The summed E-state index contributed by atoms with van der Waals surface area (Å²) >= 11 is 0. The van der Waals surface area contributed by atoms with Crippen LogP contribution in [-0.2, 0) is 9.59 Å². The summed E-state index contributed by atoms with van der Waals surface area (Å²) in [7, 11) is 1.49. The van der Waals surface area contributed by atoms with Crippen molar-refractivity contribution in [1.29, 1.82) is 0 Å². The lowest BCUT2D eigenvalue weighted by Crippen LogP contribution is -2.33. The van der Waals surface area contributed by atoms with Crippen LogP contribution in [0.15, 0.2) is 77.9 Å². The molecule has 0 bridgehead atoms. The molecule has 4 N–H and O–H groups in total. The minimum Gasteiger partial charge on any atom is -0.497 e. The number of rotatable bonds is 7. The minimum atomic E-state index is -1.02. The Balaban J connectivity index is 1.67. The number of hydrogen-bond acceptors (Lipinski definition) is 7. The highest BCUT2D eigenvalue weighted by atomic mass is 16.5. The van der Waals surface area contributed by atoms with Crippen LogP contribution in [0.4, 0.5) is 5.69 Å². The van der Waals surface area contributed by atoms with Gasteiger partial charge in [0.1, 0.15) is 11.5 Å². The van der Waals surface area contributed by atoms with Gasteiger partial charge in [0.15, 0.2) is 0 Å². The number of para-hydroxylation sites is 1. The van der Waals surface area contributed by atoms with Crippen LogP contribution in [0, 0.1) is 0 Å². The third-order valence-electron chi connectivity index (χ3n) is 4.74. The van der Waals surface area contributed by atoms with Gasteiger partial charge in [0, 0.05) is 16.8 Å². The number of esters is 1. The first-order valence-electron chi connectivity index (χ1n) is 10.3. The van der Waals surface area contributed by atoms with Gasteiger partial charge in [-0.15, -0.1) is 0 Å². The Hall–Kier alpha value is -4.99. The number of carbonyl (C=O) groups is 4. The Morgan fingerprint density at radius 3 is 2.26 bits per heavy atom. The number of nitrogens with two attached hydrogens (primary N) is 1. The van der Waals surface area contributed by atoms with Crippen LogP contribution in [0.2, 0.25) is 0 Å². The molecule has 178 valence electrons. The Morgan fingerprint density at radius 1 is 0.857 bits per heavy atom. The maximum absolute atomic E-state index is 12.6. The third-order valence-corrected chi connectivity index (χ3v) is 4.74. The number of hydrogen-bond donors (Lipinski definition) is 3. The van der Waals surface area contributed by atoms with Crippen LogP contribution in [-0.4, -0.2) is 36.5 Å². The molecule has 0 spiro atoms. The van der Waals surface area contributed by atoms with E-state index in [1.165, 1.54) is 31.4 Å². The number of carbonyl (C=O) groups excluding carboxylic acids is 4. The molecular formula is C25H22N4O6. The van der Waals surface area contributed by atoms with E-state index in [-0.39, 0.29) is 11.3 Å². The van der Waals surface area contributed by atoms with E-state index in [1.54, 1.807) is 55.5 Å². The van der Waals surface area contributed by atoms with E-state index in [1.807, 2.05) is 0 Å². The Morgan fingerprint density at radius 2 is 1.57 bits per heavy atom. The van der Waals surface area contributed by atoms with Crippen LogP contribution in [0.5, 0.6) is 11.5 Å². The van der Waals surface area contributed by atoms with Gasteiger partial charge in [-0.1, -0.05) is 18.2 Å². The van der Waals surface area contributed by atoms with Crippen molar-refractivity contribution < 1.29 is 28.7 Å². The summed E-state index contributed by atoms with van der Waals surface area (Å²) < 4.78 is 10.6. The van der Waals surface area contributed by atoms with Crippen molar-refractivity contribution in [2.45, 2.75) is 6.92 Å². The van der Waals surface area contributed by atoms with Gasteiger partial charge in [-0.05, 0) is 61.5 Å². The smallest absolute Gasteiger partial charge is 0.343 e. The SMILES string of the molecule is COc1cccc(C(=O)Oc2ccccc2/C(C)=N/NC(=O)C(=O)Nc2ccc(C(N)=O)cc2)c1. The second-order valence-corrected chi connectivity index (χ2v) is 7.15. The number of hydrazone groups is 1. The van der Waals surface area contributed by atoms with E-state index in [4.69, 9.17) is 15.2 Å². The Labute approximate surface area is 200 Å². The molecule has 3 aromatic carbocycles. The van der Waals surface area contributed by atoms with Gasteiger partial charge >= 0.3 is 17.8 Å². The molecule has 3 amide bonds. The molecule has 0 saturated carbocycles. The molecule has 0 heterocycles. The quantitative estimate of drug-likeness (QED) is 0.157. The molecule has 0 atom stereocenters. The summed E-state index contributed by atoms with van der Waals surface area (Å²) in [4.78, 5) is 48.0. The van der Waals surface area contributed by atoms with Gasteiger partial charge in [-0.2, -0.15) is 5.10 Å². The second kappa shape index (κ2) is 11.2. The number of nitrogens with zero attached hydrogens (tertiary/aromatic N) is 1. The number of nitrogens with one attached hydrogen (secondary N) is 2. The lowest BCUT2D eigenvalue weighted by molar-refractivity contribution is -0.136. The zero-order chi connectivity index (χ0) is 25.4. The maximum atomic E-state index is 12.6. The topological polar surface area (TPSA) is 149 Å². The summed E-state index contributed by atoms with van der Waals surface area (Å²) in [6.07, 6.45) is 0. The normalized spacial score (nSPS) is 10.7. The molecule has 0 fully saturated rings. The van der Waals surface area contributed by atoms with Crippen molar-refractivity contribution in [3.8, 4) is 11.5 Å². The molecule has 0 aromatic heterocycles. The molecule has 0 aliphatic heterocycles. The highest BCUT2D eigenvalue weighted by molar-refractivity contribution is 6.39.